The third-order valence-corrected chi connectivity index (χ3v) is 3.72. The van der Waals surface area contributed by atoms with Crippen molar-refractivity contribution in [2.24, 2.45) is 0 Å². The second kappa shape index (κ2) is 5.79. The largest absolute Gasteiger partial charge is 0.424 e. The third-order valence-electron chi connectivity index (χ3n) is 2.62. The molecule has 2 aromatic rings. The van der Waals surface area contributed by atoms with Crippen molar-refractivity contribution in [1.82, 2.24) is 9.97 Å². The molecule has 0 amide bonds. The number of aromatic amines is 1. The summed E-state index contributed by atoms with van der Waals surface area (Å²) in [4.78, 5) is 18.2. The zero-order valence-corrected chi connectivity index (χ0v) is 13.1. The Morgan fingerprint density at radius 2 is 1.68 bits per heavy atom. The summed E-state index contributed by atoms with van der Waals surface area (Å²) in [5.41, 5.74) is -1.86. The number of hydrogen-bond donors (Lipinski definition) is 1. The minimum absolute atomic E-state index is 0.130. The number of nitrogens with one attached hydrogen (secondary N) is 1. The summed E-state index contributed by atoms with van der Waals surface area (Å²) in [6, 6.07) is 8.58. The van der Waals surface area contributed by atoms with E-state index in [4.69, 9.17) is 0 Å². The lowest BCUT2D eigenvalue weighted by Crippen LogP contribution is -2.25. The van der Waals surface area contributed by atoms with E-state index in [1.165, 1.54) is 0 Å². The maximum atomic E-state index is 13.1. The van der Waals surface area contributed by atoms with Gasteiger partial charge in [-0.15, -0.1) is 0 Å². The van der Waals surface area contributed by atoms with Crippen molar-refractivity contribution in [3.8, 4) is 11.4 Å². The van der Waals surface area contributed by atoms with E-state index in [0.29, 0.717) is 5.56 Å². The molecule has 3 nitrogen and oxygen atoms in total. The van der Waals surface area contributed by atoms with Crippen LogP contribution in [0, 0.1) is 0 Å². The van der Waals surface area contributed by atoms with Gasteiger partial charge in [0.25, 0.3) is 5.56 Å². The molecule has 0 radical (unpaired) electrons. The summed E-state index contributed by atoms with van der Waals surface area (Å²) in [5.74, 6) is 0.130. The van der Waals surface area contributed by atoms with Gasteiger partial charge in [0.15, 0.2) is 5.56 Å². The summed E-state index contributed by atoms with van der Waals surface area (Å²) in [6.45, 7) is 5.30. The van der Waals surface area contributed by atoms with E-state index in [2.05, 4.69) is 9.97 Å². The monoisotopic (exact) mass is 328 g/mol. The van der Waals surface area contributed by atoms with Gasteiger partial charge in [0.1, 0.15) is 10.9 Å². The van der Waals surface area contributed by atoms with Gasteiger partial charge in [-0.05, 0) is 0 Å². The predicted octanol–water partition coefficient (Wildman–Crippen LogP) is 4.35. The first-order chi connectivity index (χ1) is 10.1. The molecule has 7 heteroatoms. The van der Waals surface area contributed by atoms with Crippen LogP contribution in [-0.4, -0.2) is 14.7 Å². The highest BCUT2D eigenvalue weighted by molar-refractivity contribution is 8.00. The van der Waals surface area contributed by atoms with E-state index >= 15 is 0 Å². The molecule has 22 heavy (non-hydrogen) atoms. The van der Waals surface area contributed by atoms with E-state index in [-0.39, 0.29) is 10.9 Å². The van der Waals surface area contributed by atoms with Crippen molar-refractivity contribution >= 4 is 11.8 Å². The van der Waals surface area contributed by atoms with Gasteiger partial charge in [-0.3, -0.25) is 4.79 Å². The molecule has 0 fully saturated rings. The van der Waals surface area contributed by atoms with Crippen LogP contribution >= 0.6 is 11.8 Å². The summed E-state index contributed by atoms with van der Waals surface area (Å²) >= 11 is 0.926. The second-order valence-electron chi connectivity index (χ2n) is 5.67. The Bertz CT molecular complexity index is 718. The number of hydrogen-bond acceptors (Lipinski definition) is 3. The standard InChI is InChI=1S/C15H15F3N2OS/c1-14(2,3)22-13-10(15(16,17)18)12(21)19-11(20-13)9-7-5-4-6-8-9/h4-8H,1-3H3,(H,19,20,21). The quantitative estimate of drug-likeness (QED) is 0.658. The molecule has 1 aromatic carbocycles. The molecule has 1 N–H and O–H groups in total. The molecule has 0 aliphatic carbocycles. The first kappa shape index (κ1) is 16.6. The lowest BCUT2D eigenvalue weighted by atomic mass is 10.2. The van der Waals surface area contributed by atoms with Crippen LogP contribution in [0.15, 0.2) is 40.2 Å². The number of aromatic nitrogens is 2. The molecular formula is C15H15F3N2OS. The SMILES string of the molecule is CC(C)(C)Sc1nc(-c2ccccc2)[nH]c(=O)c1C(F)(F)F. The Hall–Kier alpha value is -1.76. The Kier molecular flexibility index (Phi) is 4.37. The maximum absolute atomic E-state index is 13.1. The van der Waals surface area contributed by atoms with Gasteiger partial charge < -0.3 is 4.98 Å². The minimum Gasteiger partial charge on any atom is -0.306 e. The summed E-state index contributed by atoms with van der Waals surface area (Å²) < 4.78 is 38.9. The summed E-state index contributed by atoms with van der Waals surface area (Å²) in [7, 11) is 0. The fraction of sp³-hybridized carbons (Fsp3) is 0.333. The van der Waals surface area contributed by atoms with Crippen molar-refractivity contribution in [3.05, 3.63) is 46.2 Å². The molecule has 0 atom stereocenters. The van der Waals surface area contributed by atoms with Crippen molar-refractivity contribution in [1.29, 1.82) is 0 Å². The van der Waals surface area contributed by atoms with Crippen LogP contribution in [-0.2, 0) is 6.18 Å². The van der Waals surface area contributed by atoms with Crippen LogP contribution in [0.4, 0.5) is 13.2 Å². The molecule has 0 aliphatic heterocycles. The molecule has 0 unspecified atom stereocenters. The molecule has 0 bridgehead atoms. The molecule has 1 aromatic heterocycles. The third kappa shape index (κ3) is 3.91. The number of alkyl halides is 3. The van der Waals surface area contributed by atoms with Gasteiger partial charge in [-0.1, -0.05) is 62.9 Å². The van der Waals surface area contributed by atoms with Crippen molar-refractivity contribution in [2.45, 2.75) is 36.7 Å². The topological polar surface area (TPSA) is 45.8 Å². The normalized spacial score (nSPS) is 12.5. The Balaban J connectivity index is 2.66. The van der Waals surface area contributed by atoms with E-state index < -0.39 is 22.0 Å². The Morgan fingerprint density at radius 3 is 2.18 bits per heavy atom. The lowest BCUT2D eigenvalue weighted by molar-refractivity contribution is -0.141. The fourth-order valence-electron chi connectivity index (χ4n) is 1.80. The van der Waals surface area contributed by atoms with E-state index in [1.54, 1.807) is 51.1 Å². The highest BCUT2D eigenvalue weighted by Crippen LogP contribution is 2.38. The smallest absolute Gasteiger partial charge is 0.306 e. The first-order valence-corrected chi connectivity index (χ1v) is 7.35. The average Bonchev–Trinajstić information content (AvgIpc) is 2.35. The number of rotatable bonds is 2. The summed E-state index contributed by atoms with van der Waals surface area (Å²) in [5, 5.41) is -0.303. The number of benzene rings is 1. The Morgan fingerprint density at radius 1 is 1.09 bits per heavy atom. The molecule has 0 saturated heterocycles. The molecule has 0 saturated carbocycles. The number of H-pyrrole nitrogens is 1. The Labute approximate surface area is 130 Å². The van der Waals surface area contributed by atoms with Crippen LogP contribution < -0.4 is 5.56 Å². The zero-order valence-electron chi connectivity index (χ0n) is 12.3. The lowest BCUT2D eigenvalue weighted by Gasteiger charge is -2.20. The number of nitrogens with zero attached hydrogens (tertiary/aromatic N) is 1. The van der Waals surface area contributed by atoms with Crippen molar-refractivity contribution in [2.75, 3.05) is 0 Å². The van der Waals surface area contributed by atoms with Crippen LogP contribution in [0.2, 0.25) is 0 Å². The molecule has 0 spiro atoms. The van der Waals surface area contributed by atoms with Crippen LogP contribution in [0.3, 0.4) is 0 Å². The number of halogens is 3. The van der Waals surface area contributed by atoms with Crippen LogP contribution in [0.1, 0.15) is 26.3 Å². The predicted molar refractivity (Wildman–Crippen MR) is 80.9 cm³/mol. The highest BCUT2D eigenvalue weighted by atomic mass is 32.2. The van der Waals surface area contributed by atoms with Crippen LogP contribution in [0.25, 0.3) is 11.4 Å². The average molecular weight is 328 g/mol. The van der Waals surface area contributed by atoms with E-state index in [1.807, 2.05) is 0 Å². The van der Waals surface area contributed by atoms with Crippen molar-refractivity contribution in [3.63, 3.8) is 0 Å². The minimum atomic E-state index is -4.75. The molecule has 2 rings (SSSR count). The van der Waals surface area contributed by atoms with Gasteiger partial charge in [0, 0.05) is 10.3 Å². The molecule has 0 aliphatic rings. The fourth-order valence-corrected chi connectivity index (χ4v) is 2.83. The van der Waals surface area contributed by atoms with E-state index in [0.717, 1.165) is 11.8 Å². The number of thioether (sulfide) groups is 1. The van der Waals surface area contributed by atoms with Gasteiger partial charge in [-0.25, -0.2) is 4.98 Å². The first-order valence-electron chi connectivity index (χ1n) is 6.54. The maximum Gasteiger partial charge on any atom is 0.424 e. The van der Waals surface area contributed by atoms with Crippen LogP contribution in [0.5, 0.6) is 0 Å². The van der Waals surface area contributed by atoms with Gasteiger partial charge >= 0.3 is 6.18 Å². The van der Waals surface area contributed by atoms with Crippen molar-refractivity contribution < 1.29 is 13.2 Å². The second-order valence-corrected chi connectivity index (χ2v) is 7.49. The highest BCUT2D eigenvalue weighted by Gasteiger charge is 2.39. The van der Waals surface area contributed by atoms with Gasteiger partial charge in [-0.2, -0.15) is 13.2 Å². The summed E-state index contributed by atoms with van der Waals surface area (Å²) in [6.07, 6.45) is -4.75. The van der Waals surface area contributed by atoms with E-state index in [9.17, 15) is 18.0 Å². The van der Waals surface area contributed by atoms with Gasteiger partial charge in [0.05, 0.1) is 0 Å². The van der Waals surface area contributed by atoms with Gasteiger partial charge in [0.2, 0.25) is 0 Å². The molecule has 1 heterocycles. The zero-order chi connectivity index (χ0) is 16.5. The molecule has 118 valence electrons. The molecular weight excluding hydrogens is 313 g/mol.